The minimum absolute atomic E-state index is 0.0142. The molecule has 2 aromatic carbocycles. The largest absolute Gasteiger partial charge is 0.337 e. The van der Waals surface area contributed by atoms with E-state index in [0.29, 0.717) is 39.7 Å². The minimum atomic E-state index is -0.383. The molecule has 3 amide bonds. The predicted octanol–water partition coefficient (Wildman–Crippen LogP) is 7.74. The van der Waals surface area contributed by atoms with Crippen LogP contribution in [0.5, 0.6) is 0 Å². The normalized spacial score (nSPS) is 15.9. The Kier molecular flexibility index (Phi) is 8.93. The summed E-state index contributed by atoms with van der Waals surface area (Å²) in [7, 11) is 0. The molecule has 1 aliphatic heterocycles. The second-order valence-corrected chi connectivity index (χ2v) is 15.1. The van der Waals surface area contributed by atoms with Crippen LogP contribution in [0.2, 0.25) is 0 Å². The first-order valence-corrected chi connectivity index (χ1v) is 18.1. The zero-order chi connectivity index (χ0) is 37.6. The van der Waals surface area contributed by atoms with Gasteiger partial charge in [-0.25, -0.2) is 20.9 Å². The number of amides is 3. The van der Waals surface area contributed by atoms with Crippen molar-refractivity contribution in [2.75, 3.05) is 23.7 Å². The summed E-state index contributed by atoms with van der Waals surface area (Å²) in [6.45, 7) is 13.0. The van der Waals surface area contributed by atoms with Gasteiger partial charge in [0.1, 0.15) is 17.1 Å². The van der Waals surface area contributed by atoms with Gasteiger partial charge in [-0.05, 0) is 85.2 Å². The summed E-state index contributed by atoms with van der Waals surface area (Å²) in [5.41, 5.74) is 6.01. The summed E-state index contributed by atoms with van der Waals surface area (Å²) in [6, 6.07) is 23.8. The molecule has 272 valence electrons. The van der Waals surface area contributed by atoms with Crippen molar-refractivity contribution in [2.24, 2.45) is 17.3 Å². The van der Waals surface area contributed by atoms with Gasteiger partial charge >= 0.3 is 0 Å². The third-order valence-electron chi connectivity index (χ3n) is 9.91. The minimum Gasteiger partial charge on any atom is -0.337 e. The average Bonchev–Trinajstić information content (AvgIpc) is 4.08. The Bertz CT molecular complexity index is 2460. The molecule has 0 atom stereocenters. The Hall–Kier alpha value is -6.35. The number of fused-ring (bicyclic) bond motifs is 2. The molecule has 54 heavy (non-hydrogen) atoms. The molecule has 2 saturated carbocycles. The molecular formula is C42H39FN8O3. The van der Waals surface area contributed by atoms with Crippen molar-refractivity contribution in [1.82, 2.24) is 23.7 Å². The number of halogens is 1. The maximum absolute atomic E-state index is 14.5. The number of likely N-dealkylation sites (tertiary alicyclic amines) is 1. The Balaban J connectivity index is 0.000000155. The summed E-state index contributed by atoms with van der Waals surface area (Å²) in [5.74, 6) is 1.01. The highest BCUT2D eigenvalue weighted by atomic mass is 19.1. The molecule has 0 bridgehead atoms. The smallest absolute Gasteiger partial charge is 0.253 e. The molecule has 1 saturated heterocycles. The lowest BCUT2D eigenvalue weighted by Crippen LogP contribution is -2.55. The molecule has 11 nitrogen and oxygen atoms in total. The van der Waals surface area contributed by atoms with Crippen molar-refractivity contribution in [3.05, 3.63) is 120 Å². The van der Waals surface area contributed by atoms with E-state index in [2.05, 4.69) is 39.3 Å². The van der Waals surface area contributed by atoms with E-state index in [-0.39, 0.29) is 47.3 Å². The highest BCUT2D eigenvalue weighted by Gasteiger charge is 2.37. The van der Waals surface area contributed by atoms with Crippen molar-refractivity contribution in [3.8, 4) is 22.5 Å². The molecule has 0 radical (unpaired) electrons. The van der Waals surface area contributed by atoms with Crippen LogP contribution in [-0.2, 0) is 16.1 Å². The fourth-order valence-electron chi connectivity index (χ4n) is 6.80. The quantitative estimate of drug-likeness (QED) is 0.156. The van der Waals surface area contributed by atoms with E-state index < -0.39 is 0 Å². The molecule has 0 unspecified atom stereocenters. The van der Waals surface area contributed by atoms with Gasteiger partial charge in [-0.15, -0.1) is 0 Å². The summed E-state index contributed by atoms with van der Waals surface area (Å²) in [6.07, 6.45) is 7.33. The van der Waals surface area contributed by atoms with Gasteiger partial charge in [-0.2, -0.15) is 0 Å². The number of nitrogens with zero attached hydrogens (tertiary/aromatic N) is 6. The third-order valence-corrected chi connectivity index (χ3v) is 9.91. The van der Waals surface area contributed by atoms with Crippen LogP contribution >= 0.6 is 0 Å². The van der Waals surface area contributed by atoms with Crippen molar-refractivity contribution in [3.63, 3.8) is 0 Å². The van der Waals surface area contributed by atoms with Crippen molar-refractivity contribution >= 4 is 40.7 Å². The van der Waals surface area contributed by atoms with Crippen LogP contribution in [0, 0.1) is 29.6 Å². The van der Waals surface area contributed by atoms with Gasteiger partial charge in [0.2, 0.25) is 18.4 Å². The number of anilines is 2. The lowest BCUT2D eigenvalue weighted by molar-refractivity contribution is -0.118. The van der Waals surface area contributed by atoms with Crippen LogP contribution in [0.1, 0.15) is 55.5 Å². The van der Waals surface area contributed by atoms with Crippen molar-refractivity contribution < 1.29 is 18.8 Å². The lowest BCUT2D eigenvalue weighted by Gasteiger charge is -2.45. The van der Waals surface area contributed by atoms with Crippen LogP contribution in [0.4, 0.5) is 16.0 Å². The highest BCUT2D eigenvalue weighted by molar-refractivity contribution is 5.96. The van der Waals surface area contributed by atoms with Gasteiger partial charge < -0.3 is 20.4 Å². The van der Waals surface area contributed by atoms with Gasteiger partial charge in [-0.1, -0.05) is 44.2 Å². The predicted molar refractivity (Wildman–Crippen MR) is 204 cm³/mol. The Labute approximate surface area is 311 Å². The maximum Gasteiger partial charge on any atom is 0.253 e. The average molecular weight is 723 g/mol. The number of hydrogen-bond donors (Lipinski definition) is 2. The van der Waals surface area contributed by atoms with Crippen LogP contribution in [0.15, 0.2) is 91.3 Å². The first kappa shape index (κ1) is 34.7. The third kappa shape index (κ3) is 7.30. The first-order chi connectivity index (χ1) is 26.0. The second kappa shape index (κ2) is 13.9. The number of imidazole rings is 2. The summed E-state index contributed by atoms with van der Waals surface area (Å²) in [4.78, 5) is 50.6. The molecule has 2 aliphatic carbocycles. The van der Waals surface area contributed by atoms with Crippen LogP contribution < -0.4 is 10.6 Å². The Morgan fingerprint density at radius 3 is 1.87 bits per heavy atom. The highest BCUT2D eigenvalue weighted by Crippen LogP contribution is 2.33. The number of hydrogen-bond acceptors (Lipinski definition) is 5. The van der Waals surface area contributed by atoms with Gasteiger partial charge in [0.05, 0.1) is 23.8 Å². The Morgan fingerprint density at radius 1 is 0.796 bits per heavy atom. The fourth-order valence-corrected chi connectivity index (χ4v) is 6.80. The van der Waals surface area contributed by atoms with E-state index in [1.165, 1.54) is 6.07 Å². The number of pyridine rings is 2. The zero-order valence-corrected chi connectivity index (χ0v) is 30.1. The maximum atomic E-state index is 14.5. The molecule has 4 aromatic heterocycles. The number of aromatic nitrogens is 4. The number of benzene rings is 2. The van der Waals surface area contributed by atoms with Gasteiger partial charge in [0, 0.05) is 41.6 Å². The standard InChI is InChI=1S/C23H24N4O2.C19H15FN4O/c1-23(2)13-26(14-23)22(29)17-10-6-15(7-11-17)18-4-3-5-20-24-19(12-27(18)20)25-21(28)16-8-9-16;1-21-10-12-5-8-14(15(20)9-12)16-3-2-4-18-22-17(11-24(16)18)23-19(25)13-6-7-13/h3-7,10-12,16H,8-9,13-14H2,1-2H3,(H,25,28);2-5,8-9,11,13H,6-7,10H2,(H,23,25). The molecule has 0 spiro atoms. The molecule has 6 aromatic rings. The van der Waals surface area contributed by atoms with Gasteiger partial charge in [-0.3, -0.25) is 23.2 Å². The second-order valence-electron chi connectivity index (χ2n) is 15.1. The molecule has 3 fully saturated rings. The summed E-state index contributed by atoms with van der Waals surface area (Å²) < 4.78 is 18.2. The topological polar surface area (TPSA) is 117 Å². The molecule has 2 N–H and O–H groups in total. The zero-order valence-electron chi connectivity index (χ0n) is 30.1. The summed E-state index contributed by atoms with van der Waals surface area (Å²) >= 11 is 0. The van der Waals surface area contributed by atoms with E-state index in [1.54, 1.807) is 34.9 Å². The fraction of sp³-hybridized carbons (Fsp3) is 0.286. The number of rotatable bonds is 8. The van der Waals surface area contributed by atoms with E-state index in [9.17, 15) is 18.8 Å². The number of carbonyl (C=O) groups is 3. The van der Waals surface area contributed by atoms with E-state index in [1.807, 2.05) is 64.0 Å². The van der Waals surface area contributed by atoms with Gasteiger partial charge in [0.15, 0.2) is 11.6 Å². The molecule has 5 heterocycles. The van der Waals surface area contributed by atoms with E-state index in [4.69, 9.17) is 6.57 Å². The monoisotopic (exact) mass is 722 g/mol. The summed E-state index contributed by atoms with van der Waals surface area (Å²) in [5, 5.41) is 5.72. The molecular weight excluding hydrogens is 684 g/mol. The van der Waals surface area contributed by atoms with Crippen molar-refractivity contribution in [2.45, 2.75) is 46.1 Å². The number of carbonyl (C=O) groups excluding carboxylic acids is 3. The molecule has 12 heteroatoms. The van der Waals surface area contributed by atoms with E-state index in [0.717, 1.165) is 55.7 Å². The molecule has 3 aliphatic rings. The Morgan fingerprint density at radius 2 is 1.35 bits per heavy atom. The lowest BCUT2D eigenvalue weighted by atomic mass is 9.84. The molecule has 9 rings (SSSR count). The first-order valence-electron chi connectivity index (χ1n) is 18.1. The van der Waals surface area contributed by atoms with Crippen LogP contribution in [0.3, 0.4) is 0 Å². The van der Waals surface area contributed by atoms with Crippen molar-refractivity contribution in [1.29, 1.82) is 0 Å². The van der Waals surface area contributed by atoms with Crippen LogP contribution in [-0.4, -0.2) is 54.5 Å². The SMILES string of the molecule is CC1(C)CN(C(=O)c2ccc(-c3cccc4nc(NC(=O)C5CC5)cn34)cc2)C1.[C-]#[N+]Cc1ccc(-c2cccc3nc(NC(=O)C4CC4)cn23)c(F)c1. The van der Waals surface area contributed by atoms with Gasteiger partial charge in [0.25, 0.3) is 5.91 Å². The van der Waals surface area contributed by atoms with E-state index >= 15 is 0 Å². The number of nitrogens with one attached hydrogen (secondary N) is 2. The van der Waals surface area contributed by atoms with Crippen LogP contribution in [0.25, 0.3) is 38.7 Å².